The number of hydrogen-bond donors (Lipinski definition) is 3. The fraction of sp³-hybridized carbons (Fsp3) is 0.300. The molecule has 0 atom stereocenters. The molecule has 10 nitrogen and oxygen atoms in total. The standard InChI is InChI=1S/C20H24N8O2/c1-14-12-17(26-25-14)23-16-4-3-5-18(24-16)27-8-10-28(11-9-27)20(29)22-15-6-7-19(30-2)21-13-15/h3-7,12-13H,8-11H2,1-2H3,(H,22,29)(H2,23,24,25,26). The van der Waals surface area contributed by atoms with E-state index in [2.05, 4.69) is 35.7 Å². The Labute approximate surface area is 174 Å². The Hall–Kier alpha value is -3.82. The highest BCUT2D eigenvalue weighted by molar-refractivity contribution is 5.89. The first-order chi connectivity index (χ1) is 14.6. The number of piperazine rings is 1. The molecule has 0 spiro atoms. The predicted molar refractivity (Wildman–Crippen MR) is 114 cm³/mol. The number of rotatable bonds is 5. The van der Waals surface area contributed by atoms with Crippen LogP contribution in [0.1, 0.15) is 5.69 Å². The first-order valence-electron chi connectivity index (χ1n) is 9.68. The van der Waals surface area contributed by atoms with Crippen LogP contribution in [0.15, 0.2) is 42.6 Å². The number of carbonyl (C=O) groups is 1. The number of ether oxygens (including phenoxy) is 1. The Morgan fingerprint density at radius 3 is 2.63 bits per heavy atom. The molecular formula is C20H24N8O2. The van der Waals surface area contributed by atoms with Gasteiger partial charge in [0, 0.05) is 44.0 Å². The van der Waals surface area contributed by atoms with Crippen LogP contribution >= 0.6 is 0 Å². The number of hydrogen-bond acceptors (Lipinski definition) is 7. The summed E-state index contributed by atoms with van der Waals surface area (Å²) in [6, 6.07) is 11.1. The SMILES string of the molecule is COc1ccc(NC(=O)N2CCN(c3cccc(Nc4cc(C)[nH]n4)n3)CC2)cn1. The first kappa shape index (κ1) is 19.5. The highest BCUT2D eigenvalue weighted by atomic mass is 16.5. The van der Waals surface area contributed by atoms with E-state index in [4.69, 9.17) is 4.74 Å². The van der Waals surface area contributed by atoms with E-state index >= 15 is 0 Å². The zero-order chi connectivity index (χ0) is 20.9. The third kappa shape index (κ3) is 4.59. The summed E-state index contributed by atoms with van der Waals surface area (Å²) in [7, 11) is 1.55. The Morgan fingerprint density at radius 2 is 1.97 bits per heavy atom. The van der Waals surface area contributed by atoms with Crippen molar-refractivity contribution in [3.05, 3.63) is 48.3 Å². The molecule has 3 N–H and O–H groups in total. The molecule has 1 saturated heterocycles. The third-order valence-corrected chi connectivity index (χ3v) is 4.78. The number of aryl methyl sites for hydroxylation is 1. The average molecular weight is 408 g/mol. The van der Waals surface area contributed by atoms with Gasteiger partial charge in [-0.05, 0) is 25.1 Å². The maximum Gasteiger partial charge on any atom is 0.322 e. The number of anilines is 4. The summed E-state index contributed by atoms with van der Waals surface area (Å²) in [4.78, 5) is 25.3. The van der Waals surface area contributed by atoms with Gasteiger partial charge in [-0.25, -0.2) is 14.8 Å². The first-order valence-corrected chi connectivity index (χ1v) is 9.68. The molecule has 156 valence electrons. The molecule has 1 aliphatic heterocycles. The van der Waals surface area contributed by atoms with Gasteiger partial charge in [-0.3, -0.25) is 5.10 Å². The van der Waals surface area contributed by atoms with Gasteiger partial charge < -0.3 is 25.2 Å². The summed E-state index contributed by atoms with van der Waals surface area (Å²) < 4.78 is 5.03. The molecular weight excluding hydrogens is 384 g/mol. The maximum atomic E-state index is 12.5. The minimum atomic E-state index is -0.140. The van der Waals surface area contributed by atoms with Crippen LogP contribution in [-0.2, 0) is 0 Å². The van der Waals surface area contributed by atoms with Gasteiger partial charge in [-0.1, -0.05) is 6.07 Å². The van der Waals surface area contributed by atoms with Crippen LogP contribution in [0.2, 0.25) is 0 Å². The van der Waals surface area contributed by atoms with E-state index < -0.39 is 0 Å². The quantitative estimate of drug-likeness (QED) is 0.595. The number of nitrogens with zero attached hydrogens (tertiary/aromatic N) is 5. The smallest absolute Gasteiger partial charge is 0.322 e. The molecule has 10 heteroatoms. The molecule has 3 aromatic heterocycles. The predicted octanol–water partition coefficient (Wildman–Crippen LogP) is 2.61. The van der Waals surface area contributed by atoms with Crippen molar-refractivity contribution in [2.45, 2.75) is 6.92 Å². The molecule has 3 aromatic rings. The van der Waals surface area contributed by atoms with Gasteiger partial charge in [0.15, 0.2) is 5.82 Å². The second kappa shape index (κ2) is 8.68. The van der Waals surface area contributed by atoms with Gasteiger partial charge in [-0.15, -0.1) is 0 Å². The van der Waals surface area contributed by atoms with Gasteiger partial charge in [0.1, 0.15) is 11.6 Å². The lowest BCUT2D eigenvalue weighted by molar-refractivity contribution is 0.208. The van der Waals surface area contributed by atoms with Crippen molar-refractivity contribution in [2.75, 3.05) is 48.8 Å². The van der Waals surface area contributed by atoms with Crippen molar-refractivity contribution in [1.82, 2.24) is 25.1 Å². The highest BCUT2D eigenvalue weighted by Crippen LogP contribution is 2.19. The molecule has 2 amide bonds. The maximum absolute atomic E-state index is 12.5. The summed E-state index contributed by atoms with van der Waals surface area (Å²) in [6.45, 7) is 4.56. The highest BCUT2D eigenvalue weighted by Gasteiger charge is 2.22. The van der Waals surface area contributed by atoms with Crippen molar-refractivity contribution in [2.24, 2.45) is 0 Å². The number of aromatic nitrogens is 4. The number of methoxy groups -OCH3 is 1. The van der Waals surface area contributed by atoms with Crippen LogP contribution in [-0.4, -0.2) is 64.4 Å². The second-order valence-electron chi connectivity index (χ2n) is 6.94. The van der Waals surface area contributed by atoms with E-state index in [1.165, 1.54) is 0 Å². The molecule has 0 radical (unpaired) electrons. The number of carbonyl (C=O) groups excluding carboxylic acids is 1. The topological polar surface area (TPSA) is 111 Å². The van der Waals surface area contributed by atoms with E-state index in [1.807, 2.05) is 31.2 Å². The van der Waals surface area contributed by atoms with Crippen LogP contribution in [0.5, 0.6) is 5.88 Å². The monoisotopic (exact) mass is 408 g/mol. The van der Waals surface area contributed by atoms with Crippen LogP contribution in [0.4, 0.5) is 27.9 Å². The molecule has 1 fully saturated rings. The number of urea groups is 1. The molecule has 0 aliphatic carbocycles. The fourth-order valence-electron chi connectivity index (χ4n) is 3.20. The average Bonchev–Trinajstić information content (AvgIpc) is 3.19. The molecule has 1 aliphatic rings. The number of H-pyrrole nitrogens is 1. The second-order valence-corrected chi connectivity index (χ2v) is 6.94. The molecule has 0 bridgehead atoms. The zero-order valence-electron chi connectivity index (χ0n) is 16.9. The van der Waals surface area contributed by atoms with Gasteiger partial charge >= 0.3 is 6.03 Å². The summed E-state index contributed by atoms with van der Waals surface area (Å²) in [5, 5.41) is 13.1. The fourth-order valence-corrected chi connectivity index (χ4v) is 3.20. The van der Waals surface area contributed by atoms with Crippen molar-refractivity contribution in [3.63, 3.8) is 0 Å². The van der Waals surface area contributed by atoms with E-state index in [-0.39, 0.29) is 6.03 Å². The largest absolute Gasteiger partial charge is 0.481 e. The van der Waals surface area contributed by atoms with Crippen LogP contribution in [0.3, 0.4) is 0 Å². The summed E-state index contributed by atoms with van der Waals surface area (Å²) in [6.07, 6.45) is 1.58. The Kier molecular flexibility index (Phi) is 5.64. The van der Waals surface area contributed by atoms with Crippen molar-refractivity contribution in [1.29, 1.82) is 0 Å². The Balaban J connectivity index is 1.32. The van der Waals surface area contributed by atoms with Crippen LogP contribution in [0.25, 0.3) is 0 Å². The molecule has 0 saturated carbocycles. The summed E-state index contributed by atoms with van der Waals surface area (Å²) in [5.41, 5.74) is 1.62. The van der Waals surface area contributed by atoms with Gasteiger partial charge in [0.25, 0.3) is 0 Å². The molecule has 0 unspecified atom stereocenters. The lowest BCUT2D eigenvalue weighted by atomic mass is 10.3. The summed E-state index contributed by atoms with van der Waals surface area (Å²) in [5.74, 6) is 2.83. The normalized spacial score (nSPS) is 13.8. The number of pyridine rings is 2. The van der Waals surface area contributed by atoms with E-state index in [0.717, 1.165) is 23.1 Å². The third-order valence-electron chi connectivity index (χ3n) is 4.78. The van der Waals surface area contributed by atoms with Crippen LogP contribution in [0, 0.1) is 6.92 Å². The minimum absolute atomic E-state index is 0.140. The summed E-state index contributed by atoms with van der Waals surface area (Å²) >= 11 is 0. The van der Waals surface area contributed by atoms with E-state index in [0.29, 0.717) is 37.7 Å². The Bertz CT molecular complexity index is 996. The van der Waals surface area contributed by atoms with Gasteiger partial charge in [-0.2, -0.15) is 5.10 Å². The number of aromatic amines is 1. The molecule has 30 heavy (non-hydrogen) atoms. The van der Waals surface area contributed by atoms with Crippen LogP contribution < -0.4 is 20.3 Å². The van der Waals surface area contributed by atoms with Gasteiger partial charge in [0.2, 0.25) is 5.88 Å². The molecule has 0 aromatic carbocycles. The molecule has 4 heterocycles. The van der Waals surface area contributed by atoms with Gasteiger partial charge in [0.05, 0.1) is 19.0 Å². The Morgan fingerprint density at radius 1 is 1.13 bits per heavy atom. The van der Waals surface area contributed by atoms with Crippen molar-refractivity contribution in [3.8, 4) is 5.88 Å². The minimum Gasteiger partial charge on any atom is -0.481 e. The van der Waals surface area contributed by atoms with Crippen molar-refractivity contribution >= 4 is 29.2 Å². The lowest BCUT2D eigenvalue weighted by Gasteiger charge is -2.35. The zero-order valence-corrected chi connectivity index (χ0v) is 16.9. The number of nitrogens with one attached hydrogen (secondary N) is 3. The van der Waals surface area contributed by atoms with E-state index in [1.54, 1.807) is 30.3 Å². The lowest BCUT2D eigenvalue weighted by Crippen LogP contribution is -2.50. The number of amides is 2. The van der Waals surface area contributed by atoms with Crippen molar-refractivity contribution < 1.29 is 9.53 Å². The van der Waals surface area contributed by atoms with E-state index in [9.17, 15) is 4.79 Å². The molecule has 4 rings (SSSR count).